The van der Waals surface area contributed by atoms with Crippen LogP contribution in [0.2, 0.25) is 0 Å². The number of halogens is 1. The van der Waals surface area contributed by atoms with Gasteiger partial charge in [-0.15, -0.1) is 0 Å². The van der Waals surface area contributed by atoms with E-state index in [4.69, 9.17) is 0 Å². The van der Waals surface area contributed by atoms with E-state index in [1.165, 1.54) is 0 Å². The number of carbonyl (C=O) groups excluding carboxylic acids is 1. The Morgan fingerprint density at radius 3 is 2.70 bits per heavy atom. The van der Waals surface area contributed by atoms with Crippen LogP contribution in [0.25, 0.3) is 0 Å². The minimum atomic E-state index is -0.102. The Balaban J connectivity index is 1.73. The first kappa shape index (κ1) is 20.0. The molecule has 3 rings (SSSR count). The van der Waals surface area contributed by atoms with E-state index in [0.29, 0.717) is 16.7 Å². The molecule has 0 aliphatic carbocycles. The maximum atomic E-state index is 12.8. The molecular formula is C21H27BrN4O. The lowest BCUT2D eigenvalue weighted by molar-refractivity contribution is 0.103. The monoisotopic (exact) mass is 430 g/mol. The summed E-state index contributed by atoms with van der Waals surface area (Å²) >= 11 is 3.37. The predicted octanol–water partition coefficient (Wildman–Crippen LogP) is 4.03. The summed E-state index contributed by atoms with van der Waals surface area (Å²) in [6, 6.07) is 7.46. The molecule has 0 aromatic carbocycles. The largest absolute Gasteiger partial charge is 0.355 e. The molecule has 1 fully saturated rings. The van der Waals surface area contributed by atoms with Crippen LogP contribution in [0.15, 0.2) is 41.1 Å². The number of carbonyl (C=O) groups is 1. The standard InChI is InChI=1S/C21H27BrN4O/c1-21(2,3)15-25-8-5-9-26(11-10-25)19-7-4-6-18(24-19)20(27)16-12-17(22)14-23-13-16/h4,6-7,12-14H,5,8-11,15H2,1-3H3. The van der Waals surface area contributed by atoms with Gasteiger partial charge in [-0.3, -0.25) is 9.78 Å². The Morgan fingerprint density at radius 2 is 1.96 bits per heavy atom. The summed E-state index contributed by atoms with van der Waals surface area (Å²) < 4.78 is 0.788. The van der Waals surface area contributed by atoms with E-state index in [2.05, 4.69) is 56.5 Å². The molecule has 1 saturated heterocycles. The minimum absolute atomic E-state index is 0.102. The third kappa shape index (κ3) is 5.59. The molecule has 1 aliphatic rings. The van der Waals surface area contributed by atoms with Crippen molar-refractivity contribution in [3.05, 3.63) is 52.4 Å². The molecule has 144 valence electrons. The van der Waals surface area contributed by atoms with E-state index >= 15 is 0 Å². The molecule has 0 bridgehead atoms. The van der Waals surface area contributed by atoms with Crippen molar-refractivity contribution in [2.24, 2.45) is 5.41 Å². The van der Waals surface area contributed by atoms with E-state index in [0.717, 1.165) is 49.4 Å². The first-order chi connectivity index (χ1) is 12.8. The average molecular weight is 431 g/mol. The Kier molecular flexibility index (Phi) is 6.27. The summed E-state index contributed by atoms with van der Waals surface area (Å²) in [4.78, 5) is 26.3. The lowest BCUT2D eigenvalue weighted by Crippen LogP contribution is -2.36. The van der Waals surface area contributed by atoms with Gasteiger partial charge in [-0.1, -0.05) is 26.8 Å². The van der Waals surface area contributed by atoms with Crippen molar-refractivity contribution in [2.45, 2.75) is 27.2 Å². The Hall–Kier alpha value is -1.79. The lowest BCUT2D eigenvalue weighted by Gasteiger charge is -2.29. The van der Waals surface area contributed by atoms with Gasteiger partial charge in [0, 0.05) is 48.6 Å². The zero-order chi connectivity index (χ0) is 19.4. The van der Waals surface area contributed by atoms with Gasteiger partial charge < -0.3 is 9.80 Å². The molecule has 0 unspecified atom stereocenters. The molecule has 0 spiro atoms. The van der Waals surface area contributed by atoms with Crippen molar-refractivity contribution in [1.82, 2.24) is 14.9 Å². The predicted molar refractivity (Wildman–Crippen MR) is 112 cm³/mol. The number of ketones is 1. The quantitative estimate of drug-likeness (QED) is 0.685. The molecule has 5 nitrogen and oxygen atoms in total. The second-order valence-electron chi connectivity index (χ2n) is 8.28. The van der Waals surface area contributed by atoms with Gasteiger partial charge in [0.1, 0.15) is 11.5 Å². The van der Waals surface area contributed by atoms with Gasteiger partial charge in [-0.2, -0.15) is 0 Å². The third-order valence-corrected chi connectivity index (χ3v) is 4.98. The maximum Gasteiger partial charge on any atom is 0.213 e. The van der Waals surface area contributed by atoms with Crippen molar-refractivity contribution in [3.63, 3.8) is 0 Å². The zero-order valence-electron chi connectivity index (χ0n) is 16.3. The molecule has 3 heterocycles. The molecule has 0 N–H and O–H groups in total. The highest BCUT2D eigenvalue weighted by Gasteiger charge is 2.21. The molecule has 1 aliphatic heterocycles. The van der Waals surface area contributed by atoms with E-state index in [1.54, 1.807) is 24.5 Å². The first-order valence-corrected chi connectivity index (χ1v) is 10.2. The fourth-order valence-electron chi connectivity index (χ4n) is 3.44. The number of hydrogen-bond donors (Lipinski definition) is 0. The molecule has 0 amide bonds. The van der Waals surface area contributed by atoms with Gasteiger partial charge in [0.2, 0.25) is 5.78 Å². The number of pyridine rings is 2. The molecule has 6 heteroatoms. The Labute approximate surface area is 169 Å². The van der Waals surface area contributed by atoms with Crippen molar-refractivity contribution in [3.8, 4) is 0 Å². The fraction of sp³-hybridized carbons (Fsp3) is 0.476. The van der Waals surface area contributed by atoms with Gasteiger partial charge in [0.25, 0.3) is 0 Å². The van der Waals surface area contributed by atoms with Crippen molar-refractivity contribution >= 4 is 27.5 Å². The molecular weight excluding hydrogens is 404 g/mol. The normalized spacial score (nSPS) is 16.2. The van der Waals surface area contributed by atoms with Gasteiger partial charge in [-0.05, 0) is 52.5 Å². The zero-order valence-corrected chi connectivity index (χ0v) is 17.9. The highest BCUT2D eigenvalue weighted by atomic mass is 79.9. The Morgan fingerprint density at radius 1 is 1.15 bits per heavy atom. The van der Waals surface area contributed by atoms with E-state index in [-0.39, 0.29) is 5.78 Å². The fourth-order valence-corrected chi connectivity index (χ4v) is 3.80. The van der Waals surface area contributed by atoms with E-state index < -0.39 is 0 Å². The molecule has 0 radical (unpaired) electrons. The summed E-state index contributed by atoms with van der Waals surface area (Å²) in [5.41, 5.74) is 1.31. The molecule has 0 atom stereocenters. The van der Waals surface area contributed by atoms with Crippen LogP contribution in [0.1, 0.15) is 43.2 Å². The van der Waals surface area contributed by atoms with Crippen LogP contribution in [-0.2, 0) is 0 Å². The summed E-state index contributed by atoms with van der Waals surface area (Å²) in [7, 11) is 0. The summed E-state index contributed by atoms with van der Waals surface area (Å²) in [6.45, 7) is 12.0. The van der Waals surface area contributed by atoms with Crippen molar-refractivity contribution in [2.75, 3.05) is 37.6 Å². The van der Waals surface area contributed by atoms with Crippen molar-refractivity contribution < 1.29 is 4.79 Å². The second kappa shape index (κ2) is 8.48. The van der Waals surface area contributed by atoms with Gasteiger partial charge in [-0.25, -0.2) is 4.98 Å². The maximum absolute atomic E-state index is 12.8. The van der Waals surface area contributed by atoms with Crippen molar-refractivity contribution in [1.29, 1.82) is 0 Å². The molecule has 0 saturated carbocycles. The summed E-state index contributed by atoms with van der Waals surface area (Å²) in [5.74, 6) is 0.774. The number of rotatable bonds is 4. The lowest BCUT2D eigenvalue weighted by atomic mass is 9.96. The SMILES string of the molecule is CC(C)(C)CN1CCCN(c2cccc(C(=O)c3cncc(Br)c3)n2)CC1. The Bertz CT molecular complexity index is 803. The van der Waals surface area contributed by atoms with Gasteiger partial charge in [0.05, 0.1) is 0 Å². The van der Waals surface area contributed by atoms with Gasteiger partial charge in [0.15, 0.2) is 0 Å². The molecule has 27 heavy (non-hydrogen) atoms. The highest BCUT2D eigenvalue weighted by molar-refractivity contribution is 9.10. The van der Waals surface area contributed by atoms with Crippen LogP contribution in [0.3, 0.4) is 0 Å². The van der Waals surface area contributed by atoms with Crippen LogP contribution in [0, 0.1) is 5.41 Å². The van der Waals surface area contributed by atoms with Crippen LogP contribution in [0.4, 0.5) is 5.82 Å². The van der Waals surface area contributed by atoms with Crippen LogP contribution in [0.5, 0.6) is 0 Å². The highest BCUT2D eigenvalue weighted by Crippen LogP contribution is 2.20. The van der Waals surface area contributed by atoms with Gasteiger partial charge >= 0.3 is 0 Å². The third-order valence-electron chi connectivity index (χ3n) is 4.54. The van der Waals surface area contributed by atoms with E-state index in [9.17, 15) is 4.79 Å². The molecule has 2 aromatic rings. The molecule has 2 aromatic heterocycles. The first-order valence-electron chi connectivity index (χ1n) is 9.41. The van der Waals surface area contributed by atoms with E-state index in [1.807, 2.05) is 12.1 Å². The number of nitrogens with zero attached hydrogens (tertiary/aromatic N) is 4. The summed E-state index contributed by atoms with van der Waals surface area (Å²) in [5, 5.41) is 0. The average Bonchev–Trinajstić information content (AvgIpc) is 2.85. The van der Waals surface area contributed by atoms with Crippen LogP contribution in [-0.4, -0.2) is 53.4 Å². The van der Waals surface area contributed by atoms with Crippen LogP contribution >= 0.6 is 15.9 Å². The number of aromatic nitrogens is 2. The topological polar surface area (TPSA) is 49.3 Å². The number of anilines is 1. The second-order valence-corrected chi connectivity index (χ2v) is 9.20. The smallest absolute Gasteiger partial charge is 0.213 e. The summed E-state index contributed by atoms with van der Waals surface area (Å²) in [6.07, 6.45) is 4.35. The van der Waals surface area contributed by atoms with Crippen LogP contribution < -0.4 is 4.90 Å². The number of hydrogen-bond acceptors (Lipinski definition) is 5. The minimum Gasteiger partial charge on any atom is -0.355 e.